The van der Waals surface area contributed by atoms with E-state index in [1.807, 2.05) is 0 Å². The average molecular weight is 266 g/mol. The molecule has 1 aromatic heterocycles. The van der Waals surface area contributed by atoms with Crippen LogP contribution in [-0.2, 0) is 6.61 Å². The van der Waals surface area contributed by atoms with Crippen LogP contribution in [0.2, 0.25) is 0 Å². The summed E-state index contributed by atoms with van der Waals surface area (Å²) in [6.45, 7) is -0.359. The zero-order valence-electron chi connectivity index (χ0n) is 10.9. The minimum absolute atomic E-state index is 0.173. The predicted molar refractivity (Wildman–Crippen MR) is 68.1 cm³/mol. The molecule has 0 atom stereocenters. The molecule has 0 fully saturated rings. The molecule has 1 N–H and O–H groups in total. The van der Waals surface area contributed by atoms with Crippen molar-refractivity contribution in [2.24, 2.45) is 0 Å². The van der Waals surface area contributed by atoms with Crippen molar-refractivity contribution < 1.29 is 23.7 Å². The van der Waals surface area contributed by atoms with E-state index in [1.165, 1.54) is 21.3 Å². The van der Waals surface area contributed by atoms with E-state index >= 15 is 0 Å². The van der Waals surface area contributed by atoms with Gasteiger partial charge in [-0.2, -0.15) is 0 Å². The second kappa shape index (κ2) is 5.19. The van der Waals surface area contributed by atoms with Gasteiger partial charge in [-0.05, 0) is 12.1 Å². The Morgan fingerprint density at radius 2 is 1.79 bits per heavy atom. The third-order valence-corrected chi connectivity index (χ3v) is 2.76. The topological polar surface area (TPSA) is 78.1 Å². The molecule has 2 aromatic rings. The molecule has 1 heterocycles. The first-order valence-corrected chi connectivity index (χ1v) is 5.52. The fraction of sp³-hybridized carbons (Fsp3) is 0.308. The van der Waals surface area contributed by atoms with E-state index in [1.54, 1.807) is 12.1 Å². The van der Waals surface area contributed by atoms with Crippen molar-refractivity contribution >= 4 is 10.8 Å². The zero-order chi connectivity index (χ0) is 14.0. The van der Waals surface area contributed by atoms with Crippen LogP contribution in [0.4, 0.5) is 0 Å². The largest absolute Gasteiger partial charge is 0.493 e. The quantitative estimate of drug-likeness (QED) is 0.899. The average Bonchev–Trinajstić information content (AvgIpc) is 2.44. The van der Waals surface area contributed by atoms with Crippen LogP contribution in [0.15, 0.2) is 21.3 Å². The molecular weight excluding hydrogens is 252 g/mol. The Morgan fingerprint density at radius 1 is 1.11 bits per heavy atom. The Morgan fingerprint density at radius 3 is 2.32 bits per heavy atom. The minimum Gasteiger partial charge on any atom is -0.493 e. The maximum atomic E-state index is 12.0. The molecule has 0 saturated carbocycles. The lowest BCUT2D eigenvalue weighted by Crippen LogP contribution is -2.06. The Bertz CT molecular complexity index is 658. The predicted octanol–water partition coefficient (Wildman–Crippen LogP) is 1.31. The highest BCUT2D eigenvalue weighted by Gasteiger charge is 2.19. The van der Waals surface area contributed by atoms with E-state index in [4.69, 9.17) is 23.7 Å². The molecule has 6 nitrogen and oxygen atoms in total. The van der Waals surface area contributed by atoms with Crippen LogP contribution >= 0.6 is 0 Å². The van der Waals surface area contributed by atoms with Crippen molar-refractivity contribution in [2.75, 3.05) is 21.3 Å². The van der Waals surface area contributed by atoms with E-state index in [2.05, 4.69) is 0 Å². The lowest BCUT2D eigenvalue weighted by Gasteiger charge is -2.14. The summed E-state index contributed by atoms with van der Waals surface area (Å²) in [4.78, 5) is 12.0. The summed E-state index contributed by atoms with van der Waals surface area (Å²) in [7, 11) is 4.37. The van der Waals surface area contributed by atoms with E-state index in [9.17, 15) is 4.79 Å². The molecule has 0 unspecified atom stereocenters. The number of hydrogen-bond acceptors (Lipinski definition) is 6. The van der Waals surface area contributed by atoms with Crippen LogP contribution in [0.1, 0.15) is 5.76 Å². The van der Waals surface area contributed by atoms with Crippen LogP contribution in [0, 0.1) is 0 Å². The van der Waals surface area contributed by atoms with Gasteiger partial charge in [0.05, 0.1) is 21.3 Å². The van der Waals surface area contributed by atoms with E-state index in [0.717, 1.165) is 0 Å². The summed E-state index contributed by atoms with van der Waals surface area (Å²) in [5.41, 5.74) is -0.598. The highest BCUT2D eigenvalue weighted by molar-refractivity contribution is 5.92. The Kier molecular flexibility index (Phi) is 3.62. The van der Waals surface area contributed by atoms with Crippen LogP contribution in [-0.4, -0.2) is 26.4 Å². The van der Waals surface area contributed by atoms with Crippen molar-refractivity contribution in [1.82, 2.24) is 0 Å². The summed E-state index contributed by atoms with van der Waals surface area (Å²) < 4.78 is 20.6. The second-order valence-electron chi connectivity index (χ2n) is 3.77. The van der Waals surface area contributed by atoms with Crippen LogP contribution in [0.3, 0.4) is 0 Å². The molecule has 0 aliphatic heterocycles. The molecular formula is C13H14O6. The van der Waals surface area contributed by atoms with Gasteiger partial charge in [0.1, 0.15) is 17.8 Å². The lowest BCUT2D eigenvalue weighted by molar-refractivity contribution is 0.240. The molecule has 0 bridgehead atoms. The summed E-state index contributed by atoms with van der Waals surface area (Å²) in [6, 6.07) is 3.19. The zero-order valence-corrected chi connectivity index (χ0v) is 10.9. The van der Waals surface area contributed by atoms with Gasteiger partial charge < -0.3 is 23.7 Å². The number of hydrogen-bond donors (Lipinski definition) is 1. The summed E-state index contributed by atoms with van der Waals surface area (Å²) in [6.07, 6.45) is 0. The lowest BCUT2D eigenvalue weighted by atomic mass is 10.1. The Hall–Kier alpha value is -2.21. The molecule has 0 spiro atoms. The molecule has 6 heteroatoms. The van der Waals surface area contributed by atoms with Gasteiger partial charge in [0.15, 0.2) is 11.5 Å². The number of rotatable bonds is 4. The number of benzene rings is 1. The summed E-state index contributed by atoms with van der Waals surface area (Å²) >= 11 is 0. The number of methoxy groups -OCH3 is 3. The molecule has 0 saturated heterocycles. The first-order chi connectivity index (χ1) is 9.15. The van der Waals surface area contributed by atoms with Crippen molar-refractivity contribution in [1.29, 1.82) is 0 Å². The number of fused-ring (bicyclic) bond motifs is 1. The van der Waals surface area contributed by atoms with Gasteiger partial charge in [-0.15, -0.1) is 0 Å². The Balaban J connectivity index is 2.92. The van der Waals surface area contributed by atoms with Gasteiger partial charge in [-0.3, -0.25) is 0 Å². The highest BCUT2D eigenvalue weighted by Crippen LogP contribution is 2.42. The normalized spacial score (nSPS) is 10.5. The smallest absolute Gasteiger partial charge is 0.347 e. The standard InChI is InChI=1S/C13H14O6/c1-16-9-5-7-4-8(6-14)19-13(15)10(7)12(18-3)11(9)17-2/h4-5,14H,6H2,1-3H3. The van der Waals surface area contributed by atoms with Crippen molar-refractivity contribution in [3.8, 4) is 17.2 Å². The van der Waals surface area contributed by atoms with Crippen molar-refractivity contribution in [3.05, 3.63) is 28.3 Å². The maximum Gasteiger partial charge on any atom is 0.347 e. The molecule has 0 aliphatic carbocycles. The number of aliphatic hydroxyl groups excluding tert-OH is 1. The fourth-order valence-corrected chi connectivity index (χ4v) is 1.95. The first-order valence-electron chi connectivity index (χ1n) is 5.52. The SMILES string of the molecule is COc1cc2cc(CO)oc(=O)c2c(OC)c1OC. The monoisotopic (exact) mass is 266 g/mol. The molecule has 0 radical (unpaired) electrons. The Labute approximate surface area is 109 Å². The van der Waals surface area contributed by atoms with Gasteiger partial charge in [-0.25, -0.2) is 4.79 Å². The van der Waals surface area contributed by atoms with E-state index < -0.39 is 5.63 Å². The molecule has 19 heavy (non-hydrogen) atoms. The molecule has 1 aromatic carbocycles. The van der Waals surface area contributed by atoms with Crippen molar-refractivity contribution in [2.45, 2.75) is 6.61 Å². The van der Waals surface area contributed by atoms with Crippen LogP contribution in [0.25, 0.3) is 10.8 Å². The van der Waals surface area contributed by atoms with Gasteiger partial charge in [-0.1, -0.05) is 0 Å². The van der Waals surface area contributed by atoms with Gasteiger partial charge >= 0.3 is 5.63 Å². The maximum absolute atomic E-state index is 12.0. The molecule has 2 rings (SSSR count). The van der Waals surface area contributed by atoms with Crippen molar-refractivity contribution in [3.63, 3.8) is 0 Å². The molecule has 102 valence electrons. The second-order valence-corrected chi connectivity index (χ2v) is 3.77. The first kappa shape index (κ1) is 13.2. The van der Waals surface area contributed by atoms with Gasteiger partial charge in [0, 0.05) is 5.39 Å². The molecule has 0 aliphatic rings. The fourth-order valence-electron chi connectivity index (χ4n) is 1.95. The number of aliphatic hydroxyl groups is 1. The number of ether oxygens (including phenoxy) is 3. The van der Waals surface area contributed by atoms with Gasteiger partial charge in [0.25, 0.3) is 0 Å². The van der Waals surface area contributed by atoms with Crippen LogP contribution < -0.4 is 19.8 Å². The molecule has 0 amide bonds. The third-order valence-electron chi connectivity index (χ3n) is 2.76. The van der Waals surface area contributed by atoms with Crippen LogP contribution in [0.5, 0.6) is 17.2 Å². The highest BCUT2D eigenvalue weighted by atomic mass is 16.5. The van der Waals surface area contributed by atoms with Gasteiger partial charge in [0.2, 0.25) is 5.75 Å². The minimum atomic E-state index is -0.598. The summed E-state index contributed by atoms with van der Waals surface area (Å²) in [5, 5.41) is 9.85. The van der Waals surface area contributed by atoms with E-state index in [-0.39, 0.29) is 23.5 Å². The summed E-state index contributed by atoms with van der Waals surface area (Å²) in [5.74, 6) is 1.17. The third kappa shape index (κ3) is 2.10. The van der Waals surface area contributed by atoms with E-state index in [0.29, 0.717) is 16.9 Å².